The zero-order valence-corrected chi connectivity index (χ0v) is 10.8. The van der Waals surface area contributed by atoms with Crippen LogP contribution in [0.4, 0.5) is 5.69 Å². The van der Waals surface area contributed by atoms with Gasteiger partial charge in [0.15, 0.2) is 0 Å². The van der Waals surface area contributed by atoms with Crippen molar-refractivity contribution in [1.29, 1.82) is 5.26 Å². The van der Waals surface area contributed by atoms with Crippen LogP contribution in [0.15, 0.2) is 18.2 Å². The summed E-state index contributed by atoms with van der Waals surface area (Å²) in [6.45, 7) is 0. The largest absolute Gasteiger partial charge is 0.381 e. The predicted octanol–water partition coefficient (Wildman–Crippen LogP) is 3.67. The van der Waals surface area contributed by atoms with Gasteiger partial charge in [-0.25, -0.2) is 0 Å². The number of fused-ring (bicyclic) bond motifs is 5. The monoisotopic (exact) mass is 258 g/mol. The molecule has 3 aliphatic rings. The van der Waals surface area contributed by atoms with Gasteiger partial charge in [0, 0.05) is 6.04 Å². The van der Waals surface area contributed by atoms with Gasteiger partial charge in [-0.2, -0.15) is 5.26 Å². The highest BCUT2D eigenvalue weighted by molar-refractivity contribution is 6.33. The number of nitriles is 1. The van der Waals surface area contributed by atoms with Crippen molar-refractivity contribution < 1.29 is 0 Å². The number of benzene rings is 1. The minimum atomic E-state index is 0.626. The lowest BCUT2D eigenvalue weighted by Crippen LogP contribution is -2.12. The number of nitrogens with zero attached hydrogens (tertiary/aromatic N) is 1. The van der Waals surface area contributed by atoms with Gasteiger partial charge in [0.25, 0.3) is 0 Å². The Bertz CT molecular complexity index is 532. The van der Waals surface area contributed by atoms with Crippen molar-refractivity contribution in [2.75, 3.05) is 5.32 Å². The molecule has 0 spiro atoms. The Morgan fingerprint density at radius 2 is 1.94 bits per heavy atom. The molecule has 3 saturated carbocycles. The Morgan fingerprint density at radius 1 is 1.22 bits per heavy atom. The van der Waals surface area contributed by atoms with E-state index in [9.17, 15) is 0 Å². The third-order valence-corrected chi connectivity index (χ3v) is 5.47. The third-order valence-electron chi connectivity index (χ3n) is 5.16. The lowest BCUT2D eigenvalue weighted by Gasteiger charge is -2.13. The van der Waals surface area contributed by atoms with Crippen LogP contribution in [0.25, 0.3) is 0 Å². The first-order chi connectivity index (χ1) is 8.78. The summed E-state index contributed by atoms with van der Waals surface area (Å²) in [5, 5.41) is 13.1. The van der Waals surface area contributed by atoms with Crippen molar-refractivity contribution in [2.24, 2.45) is 23.7 Å². The van der Waals surface area contributed by atoms with Crippen LogP contribution in [-0.2, 0) is 0 Å². The Morgan fingerprint density at radius 3 is 2.56 bits per heavy atom. The fraction of sp³-hybridized carbons (Fsp3) is 0.533. The fourth-order valence-electron chi connectivity index (χ4n) is 4.40. The molecule has 92 valence electrons. The summed E-state index contributed by atoms with van der Waals surface area (Å²) in [6, 6.07) is 8.28. The maximum Gasteiger partial charge on any atom is 0.0992 e. The second-order valence-electron chi connectivity index (χ2n) is 5.96. The summed E-state index contributed by atoms with van der Waals surface area (Å²) < 4.78 is 0. The molecule has 18 heavy (non-hydrogen) atoms. The van der Waals surface area contributed by atoms with E-state index in [1.54, 1.807) is 6.07 Å². The van der Waals surface area contributed by atoms with Gasteiger partial charge >= 0.3 is 0 Å². The molecule has 4 atom stereocenters. The first kappa shape index (κ1) is 10.7. The molecule has 0 aliphatic heterocycles. The van der Waals surface area contributed by atoms with E-state index in [2.05, 4.69) is 11.4 Å². The van der Waals surface area contributed by atoms with Crippen molar-refractivity contribution in [2.45, 2.75) is 25.3 Å². The lowest BCUT2D eigenvalue weighted by molar-refractivity contribution is 0.456. The van der Waals surface area contributed by atoms with Gasteiger partial charge < -0.3 is 5.32 Å². The summed E-state index contributed by atoms with van der Waals surface area (Å²) in [5.41, 5.74) is 1.62. The molecule has 3 heteroatoms. The SMILES string of the molecule is N#Cc1ccc(NC2C3C4CCC(C4)C23)c(Cl)c1. The van der Waals surface area contributed by atoms with E-state index in [0.29, 0.717) is 16.6 Å². The van der Waals surface area contributed by atoms with Crippen molar-refractivity contribution in [3.63, 3.8) is 0 Å². The van der Waals surface area contributed by atoms with Crippen LogP contribution < -0.4 is 5.32 Å². The van der Waals surface area contributed by atoms with Gasteiger partial charge in [0.05, 0.1) is 22.3 Å². The van der Waals surface area contributed by atoms with Crippen LogP contribution in [0.5, 0.6) is 0 Å². The van der Waals surface area contributed by atoms with Gasteiger partial charge in [0.2, 0.25) is 0 Å². The van der Waals surface area contributed by atoms with Crippen LogP contribution in [0.1, 0.15) is 24.8 Å². The van der Waals surface area contributed by atoms with Crippen LogP contribution >= 0.6 is 11.6 Å². The van der Waals surface area contributed by atoms with Gasteiger partial charge in [-0.3, -0.25) is 0 Å². The maximum atomic E-state index is 8.83. The van der Waals surface area contributed by atoms with E-state index in [1.807, 2.05) is 12.1 Å². The number of hydrogen-bond acceptors (Lipinski definition) is 2. The van der Waals surface area contributed by atoms with E-state index >= 15 is 0 Å². The topological polar surface area (TPSA) is 35.8 Å². The average Bonchev–Trinajstić information content (AvgIpc) is 2.78. The van der Waals surface area contributed by atoms with E-state index < -0.39 is 0 Å². The first-order valence-corrected chi connectivity index (χ1v) is 7.12. The lowest BCUT2D eigenvalue weighted by atomic mass is 10.0. The average molecular weight is 259 g/mol. The summed E-state index contributed by atoms with van der Waals surface area (Å²) >= 11 is 6.21. The van der Waals surface area contributed by atoms with Gasteiger partial charge in [-0.05, 0) is 61.1 Å². The van der Waals surface area contributed by atoms with Crippen LogP contribution in [-0.4, -0.2) is 6.04 Å². The van der Waals surface area contributed by atoms with E-state index in [1.165, 1.54) is 19.3 Å². The molecule has 3 fully saturated rings. The number of hydrogen-bond donors (Lipinski definition) is 1. The number of rotatable bonds is 2. The van der Waals surface area contributed by atoms with Crippen molar-refractivity contribution in [3.05, 3.63) is 28.8 Å². The van der Waals surface area contributed by atoms with Gasteiger partial charge in [-0.1, -0.05) is 11.6 Å². The highest BCUT2D eigenvalue weighted by Gasteiger charge is 2.65. The predicted molar refractivity (Wildman–Crippen MR) is 71.4 cm³/mol. The molecule has 0 radical (unpaired) electrons. The molecule has 0 aromatic heterocycles. The molecule has 4 unspecified atom stereocenters. The summed E-state index contributed by atoms with van der Waals surface area (Å²) in [7, 11) is 0. The quantitative estimate of drug-likeness (QED) is 0.879. The molecule has 3 aliphatic carbocycles. The Kier molecular flexibility index (Phi) is 2.17. The van der Waals surface area contributed by atoms with Crippen LogP contribution in [0, 0.1) is 35.0 Å². The van der Waals surface area contributed by atoms with Gasteiger partial charge in [-0.15, -0.1) is 0 Å². The summed E-state index contributed by atoms with van der Waals surface area (Å²) in [4.78, 5) is 0. The summed E-state index contributed by atoms with van der Waals surface area (Å²) in [5.74, 6) is 3.73. The minimum Gasteiger partial charge on any atom is -0.381 e. The van der Waals surface area contributed by atoms with Crippen LogP contribution in [0.2, 0.25) is 5.02 Å². The smallest absolute Gasteiger partial charge is 0.0992 e. The van der Waals surface area contributed by atoms with Gasteiger partial charge in [0.1, 0.15) is 0 Å². The minimum absolute atomic E-state index is 0.626. The summed E-state index contributed by atoms with van der Waals surface area (Å²) in [6.07, 6.45) is 4.34. The molecular weight excluding hydrogens is 244 g/mol. The zero-order chi connectivity index (χ0) is 12.3. The second kappa shape index (κ2) is 3.65. The Balaban J connectivity index is 1.52. The van der Waals surface area contributed by atoms with E-state index in [4.69, 9.17) is 16.9 Å². The third kappa shape index (κ3) is 1.40. The number of halogens is 1. The maximum absolute atomic E-state index is 8.83. The second-order valence-corrected chi connectivity index (χ2v) is 6.37. The normalized spacial score (nSPS) is 39.2. The standard InChI is InChI=1S/C15H15ClN2/c16-11-5-8(7-17)1-4-12(11)18-15-13-9-2-3-10(6-9)14(13)15/h1,4-5,9-10,13-15,18H,2-3,6H2. The molecule has 1 N–H and O–H groups in total. The molecule has 2 nitrogen and oxygen atoms in total. The molecule has 1 aromatic carbocycles. The van der Waals surface area contributed by atoms with E-state index in [-0.39, 0.29) is 0 Å². The van der Waals surface area contributed by atoms with E-state index in [0.717, 1.165) is 29.4 Å². The van der Waals surface area contributed by atoms with Crippen LogP contribution in [0.3, 0.4) is 0 Å². The highest BCUT2D eigenvalue weighted by atomic mass is 35.5. The first-order valence-electron chi connectivity index (χ1n) is 6.74. The van der Waals surface area contributed by atoms with Crippen molar-refractivity contribution >= 4 is 17.3 Å². The van der Waals surface area contributed by atoms with Crippen molar-refractivity contribution in [1.82, 2.24) is 0 Å². The molecule has 0 amide bonds. The molecule has 2 bridgehead atoms. The number of anilines is 1. The number of nitrogens with one attached hydrogen (secondary N) is 1. The fourth-order valence-corrected chi connectivity index (χ4v) is 4.63. The van der Waals surface area contributed by atoms with Crippen molar-refractivity contribution in [3.8, 4) is 6.07 Å². The molecule has 1 aromatic rings. The Labute approximate surface area is 112 Å². The highest BCUT2D eigenvalue weighted by Crippen LogP contribution is 2.66. The molecule has 4 rings (SSSR count). The zero-order valence-electron chi connectivity index (χ0n) is 10.1. The molecule has 0 heterocycles. The molecular formula is C15H15ClN2. The Hall–Kier alpha value is -1.20. The molecule has 0 saturated heterocycles.